The van der Waals surface area contributed by atoms with Gasteiger partial charge in [0.1, 0.15) is 12.0 Å². The highest BCUT2D eigenvalue weighted by molar-refractivity contribution is 8.03. The Bertz CT molecular complexity index is 616. The molecule has 2 atom stereocenters. The number of rotatable bonds is 4. The van der Waals surface area contributed by atoms with Crippen LogP contribution in [0.5, 0.6) is 0 Å². The van der Waals surface area contributed by atoms with Gasteiger partial charge in [-0.15, -0.1) is 11.8 Å². The van der Waals surface area contributed by atoms with Crippen LogP contribution >= 0.6 is 11.8 Å². The van der Waals surface area contributed by atoms with Crippen LogP contribution in [0.2, 0.25) is 0 Å². The summed E-state index contributed by atoms with van der Waals surface area (Å²) in [6.07, 6.45) is 4.49. The van der Waals surface area contributed by atoms with Crippen LogP contribution in [-0.4, -0.2) is 47.2 Å². The normalized spacial score (nSPS) is 26.1. The van der Waals surface area contributed by atoms with Crippen LogP contribution in [0.25, 0.3) is 0 Å². The van der Waals surface area contributed by atoms with Gasteiger partial charge in [-0.05, 0) is 0 Å². The van der Waals surface area contributed by atoms with Gasteiger partial charge in [0, 0.05) is 36.2 Å². The molecule has 9 heteroatoms. The van der Waals surface area contributed by atoms with Crippen molar-refractivity contribution in [1.82, 2.24) is 15.8 Å². The second kappa shape index (κ2) is 6.55. The summed E-state index contributed by atoms with van der Waals surface area (Å²) in [5, 5.41) is 14.9. The van der Waals surface area contributed by atoms with Gasteiger partial charge >= 0.3 is 11.9 Å². The highest BCUT2D eigenvalue weighted by Gasteiger charge is 2.35. The SMILES string of the molecule is COC(=O)C1=CNC(C(=O)O)=CSC1CC1=COC2CCNN12. The van der Waals surface area contributed by atoms with Gasteiger partial charge in [-0.3, -0.25) is 5.01 Å². The van der Waals surface area contributed by atoms with Gasteiger partial charge < -0.3 is 19.9 Å². The predicted octanol–water partition coefficient (Wildman–Crippen LogP) is 0.472. The zero-order valence-electron chi connectivity index (χ0n) is 12.4. The van der Waals surface area contributed by atoms with Crippen molar-refractivity contribution in [2.24, 2.45) is 0 Å². The number of hydrogen-bond donors (Lipinski definition) is 3. The third kappa shape index (κ3) is 3.15. The molecule has 0 radical (unpaired) electrons. The van der Waals surface area contributed by atoms with E-state index in [9.17, 15) is 9.59 Å². The molecule has 0 saturated carbocycles. The molecule has 0 aromatic heterocycles. The molecule has 3 aliphatic rings. The Balaban J connectivity index is 1.79. The van der Waals surface area contributed by atoms with Crippen LogP contribution in [0.3, 0.4) is 0 Å². The first-order valence-electron chi connectivity index (χ1n) is 7.11. The molecular weight excluding hydrogens is 322 g/mol. The lowest BCUT2D eigenvalue weighted by Crippen LogP contribution is -2.34. The summed E-state index contributed by atoms with van der Waals surface area (Å²) in [6, 6.07) is 0. The fourth-order valence-corrected chi connectivity index (χ4v) is 3.64. The molecule has 3 rings (SSSR count). The standard InChI is InChI=1S/C14H17N3O5S/c1-21-14(20)9-5-15-10(13(18)19)7-23-11(9)4-8-6-22-12-2-3-16-17(8)12/h5-7,11-12,15-16H,2-4H2,1H3,(H,18,19). The molecule has 0 amide bonds. The van der Waals surface area contributed by atoms with Gasteiger partial charge in [0.25, 0.3) is 0 Å². The second-order valence-electron chi connectivity index (χ2n) is 5.17. The van der Waals surface area contributed by atoms with Crippen molar-refractivity contribution < 1.29 is 24.2 Å². The van der Waals surface area contributed by atoms with E-state index in [0.29, 0.717) is 12.0 Å². The van der Waals surface area contributed by atoms with Gasteiger partial charge in [-0.2, -0.15) is 0 Å². The number of esters is 1. The Hall–Kier alpha value is -2.13. The third-order valence-corrected chi connectivity index (χ3v) is 4.88. The number of carboxylic acid groups (broad SMARTS) is 1. The van der Waals surface area contributed by atoms with Crippen LogP contribution in [0.4, 0.5) is 0 Å². The fraction of sp³-hybridized carbons (Fsp3) is 0.429. The monoisotopic (exact) mass is 339 g/mol. The quantitative estimate of drug-likeness (QED) is 0.631. The molecule has 23 heavy (non-hydrogen) atoms. The Kier molecular flexibility index (Phi) is 4.49. The predicted molar refractivity (Wildman–Crippen MR) is 82.4 cm³/mol. The minimum absolute atomic E-state index is 0.00502. The van der Waals surface area contributed by atoms with Gasteiger partial charge in [0.05, 0.1) is 18.4 Å². The summed E-state index contributed by atoms with van der Waals surface area (Å²) in [7, 11) is 1.30. The number of methoxy groups -OCH3 is 1. The number of ether oxygens (including phenoxy) is 2. The molecule has 2 unspecified atom stereocenters. The van der Waals surface area contributed by atoms with E-state index in [4.69, 9.17) is 14.6 Å². The summed E-state index contributed by atoms with van der Waals surface area (Å²) >= 11 is 1.27. The number of fused-ring (bicyclic) bond motifs is 1. The van der Waals surface area contributed by atoms with Crippen molar-refractivity contribution in [3.8, 4) is 0 Å². The number of carboxylic acids is 1. The minimum Gasteiger partial charge on any atom is -0.477 e. The molecular formula is C14H17N3O5S. The maximum absolute atomic E-state index is 12.0. The molecule has 3 N–H and O–H groups in total. The number of hydrogen-bond acceptors (Lipinski definition) is 8. The van der Waals surface area contributed by atoms with E-state index in [1.165, 1.54) is 30.5 Å². The first-order valence-corrected chi connectivity index (χ1v) is 8.05. The maximum Gasteiger partial charge on any atom is 0.352 e. The molecule has 3 heterocycles. The fourth-order valence-electron chi connectivity index (χ4n) is 2.59. The number of nitrogens with zero attached hydrogens (tertiary/aromatic N) is 1. The van der Waals surface area contributed by atoms with Crippen molar-refractivity contribution in [1.29, 1.82) is 0 Å². The average Bonchev–Trinajstić information content (AvgIpc) is 3.07. The summed E-state index contributed by atoms with van der Waals surface area (Å²) in [4.78, 5) is 23.1. The molecule has 0 aliphatic carbocycles. The van der Waals surface area contributed by atoms with Crippen molar-refractivity contribution >= 4 is 23.7 Å². The molecule has 124 valence electrons. The molecule has 8 nitrogen and oxygen atoms in total. The number of carbonyl (C=O) groups is 2. The van der Waals surface area contributed by atoms with Crippen molar-refractivity contribution in [2.75, 3.05) is 13.7 Å². The van der Waals surface area contributed by atoms with Crippen molar-refractivity contribution in [2.45, 2.75) is 24.3 Å². The van der Waals surface area contributed by atoms with Crippen LogP contribution in [0.1, 0.15) is 12.8 Å². The van der Waals surface area contributed by atoms with E-state index < -0.39 is 11.9 Å². The summed E-state index contributed by atoms with van der Waals surface area (Å²) < 4.78 is 10.4. The molecule has 0 bridgehead atoms. The average molecular weight is 339 g/mol. The van der Waals surface area contributed by atoms with Gasteiger partial charge in [-0.25, -0.2) is 15.0 Å². The zero-order chi connectivity index (χ0) is 16.4. The Morgan fingerprint density at radius 3 is 3.13 bits per heavy atom. The summed E-state index contributed by atoms with van der Waals surface area (Å²) in [5.41, 5.74) is 4.56. The van der Waals surface area contributed by atoms with E-state index in [1.807, 2.05) is 5.01 Å². The molecule has 0 aromatic carbocycles. The summed E-state index contributed by atoms with van der Waals surface area (Å²) in [5.74, 6) is -1.57. The van der Waals surface area contributed by atoms with Crippen LogP contribution < -0.4 is 10.7 Å². The van der Waals surface area contributed by atoms with E-state index in [2.05, 4.69) is 10.7 Å². The Morgan fingerprint density at radius 2 is 2.39 bits per heavy atom. The molecule has 0 aromatic rings. The Labute approximate surface area is 137 Å². The van der Waals surface area contributed by atoms with Gasteiger partial charge in [-0.1, -0.05) is 0 Å². The lowest BCUT2D eigenvalue weighted by Gasteiger charge is -2.22. The molecule has 0 spiro atoms. The first kappa shape index (κ1) is 15.8. The third-order valence-electron chi connectivity index (χ3n) is 3.76. The minimum atomic E-state index is -1.08. The topological polar surface area (TPSA) is 100 Å². The highest BCUT2D eigenvalue weighted by Crippen LogP contribution is 2.34. The number of carbonyl (C=O) groups excluding carboxylic acids is 1. The van der Waals surface area contributed by atoms with Crippen molar-refractivity contribution in [3.05, 3.63) is 34.8 Å². The van der Waals surface area contributed by atoms with E-state index in [0.717, 1.165) is 18.7 Å². The number of aliphatic carboxylic acids is 1. The lowest BCUT2D eigenvalue weighted by atomic mass is 10.1. The van der Waals surface area contributed by atoms with Crippen LogP contribution in [0.15, 0.2) is 34.8 Å². The Morgan fingerprint density at radius 1 is 1.57 bits per heavy atom. The van der Waals surface area contributed by atoms with E-state index in [-0.39, 0.29) is 17.2 Å². The largest absolute Gasteiger partial charge is 0.477 e. The molecule has 1 saturated heterocycles. The number of thioether (sulfide) groups is 1. The number of nitrogens with one attached hydrogen (secondary N) is 2. The first-order chi connectivity index (χ1) is 11.1. The van der Waals surface area contributed by atoms with E-state index >= 15 is 0 Å². The van der Waals surface area contributed by atoms with Gasteiger partial charge in [0.2, 0.25) is 0 Å². The van der Waals surface area contributed by atoms with Crippen molar-refractivity contribution in [3.63, 3.8) is 0 Å². The van der Waals surface area contributed by atoms with Crippen LogP contribution in [0, 0.1) is 0 Å². The second-order valence-corrected chi connectivity index (χ2v) is 6.24. The van der Waals surface area contributed by atoms with Crippen LogP contribution in [-0.2, 0) is 19.1 Å². The smallest absolute Gasteiger partial charge is 0.352 e. The maximum atomic E-state index is 12.0. The lowest BCUT2D eigenvalue weighted by molar-refractivity contribution is -0.136. The number of allylic oxidation sites excluding steroid dienone is 1. The zero-order valence-corrected chi connectivity index (χ0v) is 13.3. The van der Waals surface area contributed by atoms with Gasteiger partial charge in [0.15, 0.2) is 6.23 Å². The highest BCUT2D eigenvalue weighted by atomic mass is 32.2. The van der Waals surface area contributed by atoms with E-state index in [1.54, 1.807) is 6.26 Å². The molecule has 3 aliphatic heterocycles. The number of hydrazine groups is 1. The summed E-state index contributed by atoms with van der Waals surface area (Å²) in [6.45, 7) is 0.837. The molecule has 1 fully saturated rings.